The number of guanidine groups is 1. The Bertz CT molecular complexity index is 618. The summed E-state index contributed by atoms with van der Waals surface area (Å²) in [4.78, 5) is 6.62. The molecule has 1 unspecified atom stereocenters. The van der Waals surface area contributed by atoms with E-state index in [1.54, 1.807) is 19.2 Å². The minimum Gasteiger partial charge on any atom is -0.354 e. The molecule has 1 aliphatic heterocycles. The SMILES string of the molecule is CN=C(NCC(c1c(F)cccc1Cl)N1CCCC1)NC1CC=CC1.I. The largest absolute Gasteiger partial charge is 0.354 e. The highest BCUT2D eigenvalue weighted by atomic mass is 127. The number of benzene rings is 1. The Morgan fingerprint density at radius 1 is 1.31 bits per heavy atom. The van der Waals surface area contributed by atoms with Gasteiger partial charge in [-0.3, -0.25) is 9.89 Å². The Balaban J connectivity index is 0.00000243. The maximum absolute atomic E-state index is 14.5. The fourth-order valence-electron chi connectivity index (χ4n) is 3.61. The molecule has 0 bridgehead atoms. The van der Waals surface area contributed by atoms with Gasteiger partial charge < -0.3 is 10.6 Å². The van der Waals surface area contributed by atoms with Crippen LogP contribution in [-0.4, -0.2) is 43.6 Å². The molecule has 144 valence electrons. The van der Waals surface area contributed by atoms with Gasteiger partial charge in [0.25, 0.3) is 0 Å². The van der Waals surface area contributed by atoms with Crippen LogP contribution in [0.25, 0.3) is 0 Å². The zero-order valence-corrected chi connectivity index (χ0v) is 18.1. The van der Waals surface area contributed by atoms with Gasteiger partial charge >= 0.3 is 0 Å². The van der Waals surface area contributed by atoms with Crippen LogP contribution in [0.3, 0.4) is 0 Å². The van der Waals surface area contributed by atoms with Gasteiger partial charge in [-0.15, -0.1) is 24.0 Å². The van der Waals surface area contributed by atoms with Crippen LogP contribution in [0.1, 0.15) is 37.3 Å². The van der Waals surface area contributed by atoms with Gasteiger partial charge in [-0.2, -0.15) is 0 Å². The Kier molecular flexibility index (Phi) is 8.63. The molecule has 7 heteroatoms. The molecule has 4 nitrogen and oxygen atoms in total. The molecule has 1 aromatic carbocycles. The highest BCUT2D eigenvalue weighted by molar-refractivity contribution is 14.0. The summed E-state index contributed by atoms with van der Waals surface area (Å²) in [5, 5.41) is 7.28. The smallest absolute Gasteiger partial charge is 0.191 e. The summed E-state index contributed by atoms with van der Waals surface area (Å²) in [6, 6.07) is 5.19. The number of likely N-dealkylation sites (tertiary alicyclic amines) is 1. The molecule has 1 saturated heterocycles. The second-order valence-electron chi connectivity index (χ2n) is 6.63. The van der Waals surface area contributed by atoms with Crippen LogP contribution >= 0.6 is 35.6 Å². The van der Waals surface area contributed by atoms with E-state index in [0.717, 1.165) is 44.7 Å². The second-order valence-corrected chi connectivity index (χ2v) is 7.04. The molecule has 0 spiro atoms. The van der Waals surface area contributed by atoms with Gasteiger partial charge in [-0.1, -0.05) is 29.8 Å². The molecule has 2 aliphatic rings. The van der Waals surface area contributed by atoms with Crippen molar-refractivity contribution in [2.75, 3.05) is 26.7 Å². The highest BCUT2D eigenvalue weighted by Crippen LogP contribution is 2.31. The molecule has 1 fully saturated rings. The van der Waals surface area contributed by atoms with Crippen LogP contribution in [0.5, 0.6) is 0 Å². The molecule has 1 atom stereocenters. The van der Waals surface area contributed by atoms with Crippen LogP contribution in [-0.2, 0) is 0 Å². The lowest BCUT2D eigenvalue weighted by Crippen LogP contribution is -2.46. The lowest BCUT2D eigenvalue weighted by molar-refractivity contribution is 0.240. The maximum Gasteiger partial charge on any atom is 0.191 e. The molecule has 1 aliphatic carbocycles. The summed E-state index contributed by atoms with van der Waals surface area (Å²) >= 11 is 6.34. The first-order valence-electron chi connectivity index (χ1n) is 8.99. The molecule has 1 aromatic rings. The van der Waals surface area contributed by atoms with E-state index in [-0.39, 0.29) is 35.8 Å². The van der Waals surface area contributed by atoms with E-state index in [1.165, 1.54) is 6.07 Å². The van der Waals surface area contributed by atoms with Crippen molar-refractivity contribution in [1.29, 1.82) is 0 Å². The van der Waals surface area contributed by atoms with E-state index in [4.69, 9.17) is 11.6 Å². The summed E-state index contributed by atoms with van der Waals surface area (Å²) in [5.41, 5.74) is 0.580. The van der Waals surface area contributed by atoms with E-state index in [1.807, 2.05) is 0 Å². The first-order chi connectivity index (χ1) is 12.2. The standard InChI is InChI=1S/C19H26ClFN4.HI/c1-22-19(24-14-7-2-3-8-14)23-13-17(25-11-4-5-12-25)18-15(20)9-6-10-16(18)21;/h2-3,6,9-10,14,17H,4-5,7-8,11-13H2,1H3,(H2,22,23,24);1H. The van der Waals surface area contributed by atoms with Crippen LogP contribution in [0, 0.1) is 5.82 Å². The van der Waals surface area contributed by atoms with Crippen LogP contribution < -0.4 is 10.6 Å². The average molecular weight is 493 g/mol. The van der Waals surface area contributed by atoms with Gasteiger partial charge in [0.15, 0.2) is 5.96 Å². The highest BCUT2D eigenvalue weighted by Gasteiger charge is 2.28. The van der Waals surface area contributed by atoms with Gasteiger partial charge in [0, 0.05) is 30.2 Å². The van der Waals surface area contributed by atoms with Gasteiger partial charge in [0.05, 0.1) is 6.04 Å². The molecule has 0 aromatic heterocycles. The van der Waals surface area contributed by atoms with E-state index in [0.29, 0.717) is 23.2 Å². The quantitative estimate of drug-likeness (QED) is 0.281. The lowest BCUT2D eigenvalue weighted by atomic mass is 10.0. The predicted octanol–water partition coefficient (Wildman–Crippen LogP) is 4.12. The molecule has 0 radical (unpaired) electrons. The molecule has 0 amide bonds. The number of hydrogen-bond donors (Lipinski definition) is 2. The van der Waals surface area contributed by atoms with Crippen LogP contribution in [0.2, 0.25) is 5.02 Å². The first kappa shape index (κ1) is 21.4. The van der Waals surface area contributed by atoms with Crippen LogP contribution in [0.15, 0.2) is 35.3 Å². The maximum atomic E-state index is 14.5. The molecule has 2 N–H and O–H groups in total. The Hall–Kier alpha value is -0.860. The van der Waals surface area contributed by atoms with Crippen molar-refractivity contribution in [2.45, 2.75) is 37.8 Å². The second kappa shape index (κ2) is 10.5. The van der Waals surface area contributed by atoms with E-state index >= 15 is 0 Å². The van der Waals surface area contributed by atoms with Crippen molar-refractivity contribution in [3.8, 4) is 0 Å². The fraction of sp³-hybridized carbons (Fsp3) is 0.526. The summed E-state index contributed by atoms with van der Waals surface area (Å²) in [6.45, 7) is 2.51. The van der Waals surface area contributed by atoms with Crippen molar-refractivity contribution in [3.05, 3.63) is 46.8 Å². The van der Waals surface area contributed by atoms with E-state index in [9.17, 15) is 4.39 Å². The summed E-state index contributed by atoms with van der Waals surface area (Å²) in [6.07, 6.45) is 8.66. The third kappa shape index (κ3) is 5.33. The number of hydrogen-bond acceptors (Lipinski definition) is 2. The summed E-state index contributed by atoms with van der Waals surface area (Å²) in [5.74, 6) is 0.513. The topological polar surface area (TPSA) is 39.7 Å². The van der Waals surface area contributed by atoms with E-state index < -0.39 is 0 Å². The lowest BCUT2D eigenvalue weighted by Gasteiger charge is -2.30. The van der Waals surface area contributed by atoms with Gasteiger partial charge in [-0.25, -0.2) is 4.39 Å². The number of nitrogens with one attached hydrogen (secondary N) is 2. The Morgan fingerprint density at radius 2 is 2.00 bits per heavy atom. The number of nitrogens with zero attached hydrogens (tertiary/aromatic N) is 2. The van der Waals surface area contributed by atoms with Crippen molar-refractivity contribution in [2.24, 2.45) is 4.99 Å². The number of rotatable bonds is 5. The Labute approximate surface area is 177 Å². The monoisotopic (exact) mass is 492 g/mol. The number of halogens is 3. The minimum absolute atomic E-state index is 0. The molecular weight excluding hydrogens is 466 g/mol. The number of aliphatic imine (C=N–C) groups is 1. The third-order valence-electron chi connectivity index (χ3n) is 4.95. The first-order valence-corrected chi connectivity index (χ1v) is 9.37. The van der Waals surface area contributed by atoms with E-state index in [2.05, 4.69) is 32.7 Å². The molecule has 0 saturated carbocycles. The van der Waals surface area contributed by atoms with Crippen molar-refractivity contribution >= 4 is 41.5 Å². The molecule has 3 rings (SSSR count). The third-order valence-corrected chi connectivity index (χ3v) is 5.28. The fourth-order valence-corrected chi connectivity index (χ4v) is 3.90. The van der Waals surface area contributed by atoms with Crippen molar-refractivity contribution in [3.63, 3.8) is 0 Å². The van der Waals surface area contributed by atoms with Crippen molar-refractivity contribution < 1.29 is 4.39 Å². The molecule has 26 heavy (non-hydrogen) atoms. The molecule has 1 heterocycles. The average Bonchev–Trinajstić information content (AvgIpc) is 3.29. The van der Waals surface area contributed by atoms with Gasteiger partial charge in [0.2, 0.25) is 0 Å². The minimum atomic E-state index is -0.242. The summed E-state index contributed by atoms with van der Waals surface area (Å²) < 4.78 is 14.5. The summed E-state index contributed by atoms with van der Waals surface area (Å²) in [7, 11) is 1.76. The van der Waals surface area contributed by atoms with Crippen molar-refractivity contribution in [1.82, 2.24) is 15.5 Å². The normalized spacial score (nSPS) is 19.4. The zero-order chi connectivity index (χ0) is 17.6. The predicted molar refractivity (Wildman–Crippen MR) is 117 cm³/mol. The van der Waals surface area contributed by atoms with Gasteiger partial charge in [-0.05, 0) is 50.9 Å². The van der Waals surface area contributed by atoms with Crippen LogP contribution in [0.4, 0.5) is 4.39 Å². The molecular formula is C19H27ClFIN4. The van der Waals surface area contributed by atoms with Gasteiger partial charge in [0.1, 0.15) is 5.82 Å². The Morgan fingerprint density at radius 3 is 2.62 bits per heavy atom. The zero-order valence-electron chi connectivity index (χ0n) is 15.0.